The van der Waals surface area contributed by atoms with Crippen LogP contribution in [-0.4, -0.2) is 42.5 Å². The van der Waals surface area contributed by atoms with Crippen LogP contribution in [0.1, 0.15) is 23.7 Å². The standard InChI is InChI=1S/C20H26N2O3/c1-5-8-15-25-16(4)19(23)21-18-11-9-17(10-12-18)20(24)22(13-6-2)14-7-3/h5-7,9-12,16H,1-3,8,13-15H2,4H3,(H,21,23). The van der Waals surface area contributed by atoms with E-state index in [1.54, 1.807) is 54.3 Å². The van der Waals surface area contributed by atoms with E-state index in [-0.39, 0.29) is 11.8 Å². The number of anilines is 1. The summed E-state index contributed by atoms with van der Waals surface area (Å²) in [5, 5.41) is 2.77. The Balaban J connectivity index is 2.67. The third kappa shape index (κ3) is 6.77. The van der Waals surface area contributed by atoms with Crippen LogP contribution in [0.15, 0.2) is 62.2 Å². The smallest absolute Gasteiger partial charge is 0.254 e. The molecule has 0 aliphatic carbocycles. The van der Waals surface area contributed by atoms with Crippen LogP contribution in [0.2, 0.25) is 0 Å². The molecule has 0 bridgehead atoms. The molecule has 0 radical (unpaired) electrons. The van der Waals surface area contributed by atoms with Gasteiger partial charge in [-0.25, -0.2) is 0 Å². The van der Waals surface area contributed by atoms with Gasteiger partial charge in [-0.15, -0.1) is 19.7 Å². The predicted octanol–water partition coefficient (Wildman–Crippen LogP) is 3.42. The van der Waals surface area contributed by atoms with Gasteiger partial charge in [-0.3, -0.25) is 9.59 Å². The van der Waals surface area contributed by atoms with E-state index in [1.165, 1.54) is 0 Å². The number of carbonyl (C=O) groups excluding carboxylic acids is 2. The lowest BCUT2D eigenvalue weighted by Crippen LogP contribution is -2.31. The third-order valence-corrected chi connectivity index (χ3v) is 3.44. The molecule has 0 saturated carbocycles. The number of ether oxygens (including phenoxy) is 1. The molecule has 0 aliphatic heterocycles. The van der Waals surface area contributed by atoms with Crippen molar-refractivity contribution in [2.24, 2.45) is 0 Å². The highest BCUT2D eigenvalue weighted by molar-refractivity contribution is 5.96. The molecule has 1 rings (SSSR count). The highest BCUT2D eigenvalue weighted by Crippen LogP contribution is 2.13. The molecule has 2 amide bonds. The fraction of sp³-hybridized carbons (Fsp3) is 0.300. The molecule has 5 heteroatoms. The summed E-state index contributed by atoms with van der Waals surface area (Å²) < 4.78 is 5.40. The van der Waals surface area contributed by atoms with E-state index < -0.39 is 6.10 Å². The van der Waals surface area contributed by atoms with Crippen LogP contribution < -0.4 is 5.32 Å². The van der Waals surface area contributed by atoms with Gasteiger partial charge in [0, 0.05) is 24.3 Å². The van der Waals surface area contributed by atoms with Crippen LogP contribution in [0.25, 0.3) is 0 Å². The van der Waals surface area contributed by atoms with Gasteiger partial charge in [-0.2, -0.15) is 0 Å². The summed E-state index contributed by atoms with van der Waals surface area (Å²) in [5.74, 6) is -0.345. The average molecular weight is 342 g/mol. The zero-order valence-electron chi connectivity index (χ0n) is 14.7. The van der Waals surface area contributed by atoms with Crippen LogP contribution in [0, 0.1) is 0 Å². The largest absolute Gasteiger partial charge is 0.368 e. The van der Waals surface area contributed by atoms with E-state index in [1.807, 2.05) is 0 Å². The molecule has 1 atom stereocenters. The van der Waals surface area contributed by atoms with Gasteiger partial charge in [-0.1, -0.05) is 18.2 Å². The minimum absolute atomic E-state index is 0.112. The first kappa shape index (κ1) is 20.4. The van der Waals surface area contributed by atoms with Gasteiger partial charge in [0.1, 0.15) is 6.10 Å². The summed E-state index contributed by atoms with van der Waals surface area (Å²) in [6.45, 7) is 14.0. The van der Waals surface area contributed by atoms with E-state index >= 15 is 0 Å². The number of benzene rings is 1. The van der Waals surface area contributed by atoms with Crippen LogP contribution in [0.3, 0.4) is 0 Å². The lowest BCUT2D eigenvalue weighted by atomic mass is 10.1. The van der Waals surface area contributed by atoms with Crippen molar-refractivity contribution in [2.75, 3.05) is 25.0 Å². The van der Waals surface area contributed by atoms with E-state index in [2.05, 4.69) is 25.1 Å². The van der Waals surface area contributed by atoms with Crippen LogP contribution in [0.5, 0.6) is 0 Å². The fourth-order valence-corrected chi connectivity index (χ4v) is 2.08. The van der Waals surface area contributed by atoms with Crippen molar-refractivity contribution in [3.63, 3.8) is 0 Å². The number of nitrogens with one attached hydrogen (secondary N) is 1. The molecular formula is C20H26N2O3. The fourth-order valence-electron chi connectivity index (χ4n) is 2.08. The average Bonchev–Trinajstić information content (AvgIpc) is 2.61. The van der Waals surface area contributed by atoms with Crippen molar-refractivity contribution in [1.82, 2.24) is 4.90 Å². The molecule has 0 aromatic heterocycles. The van der Waals surface area contributed by atoms with Crippen LogP contribution >= 0.6 is 0 Å². The highest BCUT2D eigenvalue weighted by Gasteiger charge is 2.15. The van der Waals surface area contributed by atoms with Gasteiger partial charge < -0.3 is 15.0 Å². The second kappa shape index (κ2) is 11.0. The SMILES string of the molecule is C=CCCOC(C)C(=O)Nc1ccc(C(=O)N(CC=C)CC=C)cc1. The van der Waals surface area contributed by atoms with Crippen molar-refractivity contribution in [3.8, 4) is 0 Å². The van der Waals surface area contributed by atoms with Gasteiger partial charge in [0.25, 0.3) is 11.8 Å². The predicted molar refractivity (Wildman–Crippen MR) is 102 cm³/mol. The Kier molecular flexibility index (Phi) is 8.96. The number of rotatable bonds is 11. The molecule has 0 spiro atoms. The van der Waals surface area contributed by atoms with Gasteiger partial charge in [-0.05, 0) is 37.6 Å². The van der Waals surface area contributed by atoms with Crippen LogP contribution in [0.4, 0.5) is 5.69 Å². The number of carbonyl (C=O) groups is 2. The second-order valence-electron chi connectivity index (χ2n) is 5.44. The zero-order chi connectivity index (χ0) is 18.7. The maximum Gasteiger partial charge on any atom is 0.254 e. The molecule has 0 heterocycles. The first-order valence-electron chi connectivity index (χ1n) is 8.18. The maximum absolute atomic E-state index is 12.4. The third-order valence-electron chi connectivity index (χ3n) is 3.44. The Morgan fingerprint density at radius 2 is 1.72 bits per heavy atom. The van der Waals surface area contributed by atoms with Crippen molar-refractivity contribution in [1.29, 1.82) is 0 Å². The summed E-state index contributed by atoms with van der Waals surface area (Å²) >= 11 is 0. The summed E-state index contributed by atoms with van der Waals surface area (Å²) in [5.41, 5.74) is 1.15. The van der Waals surface area contributed by atoms with E-state index in [4.69, 9.17) is 4.74 Å². The normalized spacial score (nSPS) is 11.2. The summed E-state index contributed by atoms with van der Waals surface area (Å²) in [6, 6.07) is 6.75. The Bertz CT molecular complexity index is 598. The van der Waals surface area contributed by atoms with E-state index in [9.17, 15) is 9.59 Å². The minimum Gasteiger partial charge on any atom is -0.368 e. The van der Waals surface area contributed by atoms with Crippen molar-refractivity contribution in [2.45, 2.75) is 19.4 Å². The monoisotopic (exact) mass is 342 g/mol. The zero-order valence-corrected chi connectivity index (χ0v) is 14.7. The molecule has 25 heavy (non-hydrogen) atoms. The molecule has 0 fully saturated rings. The Morgan fingerprint density at radius 3 is 2.24 bits per heavy atom. The molecule has 1 aromatic rings. The Hall–Kier alpha value is -2.66. The molecule has 1 N–H and O–H groups in total. The summed E-state index contributed by atoms with van der Waals surface area (Å²) in [4.78, 5) is 26.1. The molecule has 1 unspecified atom stereocenters. The quantitative estimate of drug-likeness (QED) is 0.495. The molecular weight excluding hydrogens is 316 g/mol. The topological polar surface area (TPSA) is 58.6 Å². The minimum atomic E-state index is -0.558. The molecule has 1 aromatic carbocycles. The summed E-state index contributed by atoms with van der Waals surface area (Å²) in [6.07, 6.45) is 5.22. The highest BCUT2D eigenvalue weighted by atomic mass is 16.5. The Morgan fingerprint density at radius 1 is 1.12 bits per heavy atom. The first-order valence-corrected chi connectivity index (χ1v) is 8.18. The molecule has 0 saturated heterocycles. The van der Waals surface area contributed by atoms with Gasteiger partial charge in [0.2, 0.25) is 0 Å². The van der Waals surface area contributed by atoms with Crippen molar-refractivity contribution >= 4 is 17.5 Å². The van der Waals surface area contributed by atoms with Gasteiger partial charge >= 0.3 is 0 Å². The molecule has 0 aliphatic rings. The van der Waals surface area contributed by atoms with Crippen LogP contribution in [-0.2, 0) is 9.53 Å². The molecule has 5 nitrogen and oxygen atoms in total. The first-order chi connectivity index (χ1) is 12.0. The van der Waals surface area contributed by atoms with Crippen molar-refractivity contribution in [3.05, 3.63) is 67.8 Å². The maximum atomic E-state index is 12.4. The van der Waals surface area contributed by atoms with Gasteiger partial charge in [0.15, 0.2) is 0 Å². The lowest BCUT2D eigenvalue weighted by Gasteiger charge is -2.19. The number of hydrogen-bond acceptors (Lipinski definition) is 3. The van der Waals surface area contributed by atoms with Gasteiger partial charge in [0.05, 0.1) is 6.61 Å². The van der Waals surface area contributed by atoms with Crippen molar-refractivity contribution < 1.29 is 14.3 Å². The molecule has 134 valence electrons. The Labute approximate surface area is 149 Å². The lowest BCUT2D eigenvalue weighted by molar-refractivity contribution is -0.126. The summed E-state index contributed by atoms with van der Waals surface area (Å²) in [7, 11) is 0. The number of amides is 2. The second-order valence-corrected chi connectivity index (χ2v) is 5.44. The number of nitrogens with zero attached hydrogens (tertiary/aromatic N) is 1. The van der Waals surface area contributed by atoms with E-state index in [0.29, 0.717) is 37.4 Å². The number of hydrogen-bond donors (Lipinski definition) is 1. The van der Waals surface area contributed by atoms with E-state index in [0.717, 1.165) is 0 Å².